The zero-order chi connectivity index (χ0) is 19.6. The molecule has 27 heavy (non-hydrogen) atoms. The van der Waals surface area contributed by atoms with Crippen molar-refractivity contribution in [3.63, 3.8) is 0 Å². The molecule has 8 atom stereocenters. The van der Waals surface area contributed by atoms with Gasteiger partial charge >= 0.3 is 5.97 Å². The lowest BCUT2D eigenvalue weighted by Crippen LogP contribution is -2.65. The zero-order valence-electron chi connectivity index (χ0n) is 16.7. The van der Waals surface area contributed by atoms with Crippen LogP contribution in [0, 0.1) is 22.7 Å². The van der Waals surface area contributed by atoms with Gasteiger partial charge in [-0.05, 0) is 55.4 Å². The van der Waals surface area contributed by atoms with Gasteiger partial charge in [-0.25, -0.2) is 4.79 Å². The van der Waals surface area contributed by atoms with E-state index >= 15 is 0 Å². The Morgan fingerprint density at radius 2 is 2.04 bits per heavy atom. The Balaban J connectivity index is 1.60. The molecule has 2 saturated carbocycles. The van der Waals surface area contributed by atoms with Gasteiger partial charge in [0.15, 0.2) is 0 Å². The third kappa shape index (κ3) is 2.64. The minimum Gasteiger partial charge on any atom is -0.429 e. The standard InChI is InChI=1S/C21H32O6/c1-12-5-8-20(3)15(10-14(22)17(23)21(20)11-26-21)19(12,2)7-6-13-9-16(25-4)27-18(13)24/h9,12,14-17,22-23H,5-8,10-11H2,1-4H3/t12-,14+,15+,16+,17+,19-,20-,21-/m0/s1. The van der Waals surface area contributed by atoms with Gasteiger partial charge in [0.1, 0.15) is 11.7 Å². The van der Waals surface area contributed by atoms with E-state index in [1.54, 1.807) is 6.08 Å². The minimum atomic E-state index is -0.814. The molecule has 4 aliphatic rings. The summed E-state index contributed by atoms with van der Waals surface area (Å²) in [7, 11) is 1.52. The molecule has 1 saturated heterocycles. The summed E-state index contributed by atoms with van der Waals surface area (Å²) in [6.45, 7) is 7.31. The molecule has 1 spiro atoms. The number of hydrogen-bond acceptors (Lipinski definition) is 6. The van der Waals surface area contributed by atoms with Crippen LogP contribution in [0.2, 0.25) is 0 Å². The molecule has 6 nitrogen and oxygen atoms in total. The van der Waals surface area contributed by atoms with E-state index in [1.807, 2.05) is 0 Å². The van der Waals surface area contributed by atoms with Crippen LogP contribution < -0.4 is 0 Å². The first kappa shape index (κ1) is 19.4. The number of ether oxygens (including phenoxy) is 3. The third-order valence-electron chi connectivity index (χ3n) is 8.52. The summed E-state index contributed by atoms with van der Waals surface area (Å²) in [5.74, 6) is 0.397. The Morgan fingerprint density at radius 1 is 1.33 bits per heavy atom. The van der Waals surface area contributed by atoms with Crippen molar-refractivity contribution >= 4 is 5.97 Å². The number of esters is 1. The van der Waals surface area contributed by atoms with Crippen LogP contribution in [0.15, 0.2) is 11.6 Å². The SMILES string of the molecule is CO[C@H]1C=C(CC[C@]2(C)[C@H]3C[C@@H](O)[C@@H](O)[C@@]4(CO4)[C@@]3(C)CC[C@@H]2C)C(=O)O1. The number of cyclic esters (lactones) is 1. The number of aliphatic hydroxyl groups is 2. The van der Waals surface area contributed by atoms with E-state index in [9.17, 15) is 15.0 Å². The largest absolute Gasteiger partial charge is 0.429 e. The molecule has 0 aromatic carbocycles. The van der Waals surface area contributed by atoms with Crippen LogP contribution in [0.25, 0.3) is 0 Å². The molecule has 2 N–H and O–H groups in total. The first-order valence-electron chi connectivity index (χ1n) is 10.1. The van der Waals surface area contributed by atoms with Gasteiger partial charge in [0.05, 0.1) is 12.7 Å². The van der Waals surface area contributed by atoms with Crippen LogP contribution >= 0.6 is 0 Å². The molecule has 0 unspecified atom stereocenters. The highest BCUT2D eigenvalue weighted by Crippen LogP contribution is 2.68. The highest BCUT2D eigenvalue weighted by atomic mass is 16.7. The van der Waals surface area contributed by atoms with Crippen LogP contribution in [0.3, 0.4) is 0 Å². The fourth-order valence-corrected chi connectivity index (χ4v) is 6.30. The number of aliphatic hydroxyl groups excluding tert-OH is 2. The van der Waals surface area contributed by atoms with Crippen molar-refractivity contribution in [3.8, 4) is 0 Å². The Bertz CT molecular complexity index is 655. The fraction of sp³-hybridized carbons (Fsp3) is 0.857. The van der Waals surface area contributed by atoms with Crippen molar-refractivity contribution in [1.82, 2.24) is 0 Å². The number of hydrogen-bond donors (Lipinski definition) is 2. The molecule has 0 aromatic rings. The highest BCUT2D eigenvalue weighted by Gasteiger charge is 2.73. The zero-order valence-corrected chi connectivity index (χ0v) is 16.7. The van der Waals surface area contributed by atoms with Gasteiger partial charge in [0, 0.05) is 18.1 Å². The number of fused-ring (bicyclic) bond motifs is 2. The monoisotopic (exact) mass is 380 g/mol. The van der Waals surface area contributed by atoms with Crippen molar-refractivity contribution < 1.29 is 29.2 Å². The van der Waals surface area contributed by atoms with Crippen LogP contribution in [-0.2, 0) is 19.0 Å². The number of methoxy groups -OCH3 is 1. The molecule has 3 fully saturated rings. The molecule has 0 bridgehead atoms. The molecule has 2 aliphatic carbocycles. The van der Waals surface area contributed by atoms with Crippen LogP contribution in [0.1, 0.15) is 52.9 Å². The van der Waals surface area contributed by atoms with Crippen molar-refractivity contribution in [1.29, 1.82) is 0 Å². The van der Waals surface area contributed by atoms with E-state index < -0.39 is 24.1 Å². The van der Waals surface area contributed by atoms with Crippen molar-refractivity contribution in [2.45, 2.75) is 77.0 Å². The second kappa shape index (κ2) is 6.28. The van der Waals surface area contributed by atoms with E-state index in [4.69, 9.17) is 14.2 Å². The van der Waals surface area contributed by atoms with Gasteiger partial charge in [0.2, 0.25) is 6.29 Å². The predicted molar refractivity (Wildman–Crippen MR) is 97.6 cm³/mol. The first-order chi connectivity index (χ1) is 12.7. The van der Waals surface area contributed by atoms with E-state index in [0.717, 1.165) is 19.3 Å². The predicted octanol–water partition coefficient (Wildman–Crippen LogP) is 2.18. The average molecular weight is 380 g/mol. The smallest absolute Gasteiger partial charge is 0.336 e. The lowest BCUT2D eigenvalue weighted by Gasteiger charge is -2.61. The van der Waals surface area contributed by atoms with Crippen LogP contribution in [0.4, 0.5) is 0 Å². The first-order valence-corrected chi connectivity index (χ1v) is 10.1. The van der Waals surface area contributed by atoms with Gasteiger partial charge in [-0.1, -0.05) is 20.8 Å². The normalized spacial score (nSPS) is 51.7. The van der Waals surface area contributed by atoms with Crippen molar-refractivity contribution in [2.24, 2.45) is 22.7 Å². The summed E-state index contributed by atoms with van der Waals surface area (Å²) in [5, 5.41) is 21.2. The summed E-state index contributed by atoms with van der Waals surface area (Å²) >= 11 is 0. The second-order valence-corrected chi connectivity index (χ2v) is 9.54. The molecule has 152 valence electrons. The molecule has 6 heteroatoms. The lowest BCUT2D eigenvalue weighted by molar-refractivity contribution is -0.197. The van der Waals surface area contributed by atoms with Crippen LogP contribution in [0.5, 0.6) is 0 Å². The van der Waals surface area contributed by atoms with Crippen LogP contribution in [-0.4, -0.2) is 54.0 Å². The average Bonchev–Trinajstić information content (AvgIpc) is 3.37. The van der Waals surface area contributed by atoms with E-state index in [2.05, 4.69) is 20.8 Å². The van der Waals surface area contributed by atoms with Gasteiger partial charge in [0.25, 0.3) is 0 Å². The Labute approximate surface area is 160 Å². The molecule has 4 rings (SSSR count). The van der Waals surface area contributed by atoms with Gasteiger partial charge < -0.3 is 24.4 Å². The third-order valence-corrected chi connectivity index (χ3v) is 8.52. The maximum atomic E-state index is 12.1. The maximum Gasteiger partial charge on any atom is 0.336 e. The Kier molecular flexibility index (Phi) is 4.50. The number of rotatable bonds is 4. The van der Waals surface area contributed by atoms with Gasteiger partial charge in [-0.2, -0.15) is 0 Å². The topological polar surface area (TPSA) is 88.5 Å². The van der Waals surface area contributed by atoms with E-state index in [0.29, 0.717) is 30.9 Å². The summed E-state index contributed by atoms with van der Waals surface area (Å²) < 4.78 is 16.1. The molecule has 0 amide bonds. The second-order valence-electron chi connectivity index (χ2n) is 9.54. The van der Waals surface area contributed by atoms with Gasteiger partial charge in [-0.15, -0.1) is 0 Å². The molecule has 2 aliphatic heterocycles. The quantitative estimate of drug-likeness (QED) is 0.574. The highest BCUT2D eigenvalue weighted by molar-refractivity contribution is 5.90. The fourth-order valence-electron chi connectivity index (χ4n) is 6.30. The maximum absolute atomic E-state index is 12.1. The Morgan fingerprint density at radius 3 is 2.63 bits per heavy atom. The summed E-state index contributed by atoms with van der Waals surface area (Å²) in [4.78, 5) is 12.1. The molecule has 0 aromatic heterocycles. The van der Waals surface area contributed by atoms with Gasteiger partial charge in [-0.3, -0.25) is 0 Å². The van der Waals surface area contributed by atoms with E-state index in [1.165, 1.54) is 7.11 Å². The number of carbonyl (C=O) groups excluding carboxylic acids is 1. The number of epoxide rings is 1. The summed E-state index contributed by atoms with van der Waals surface area (Å²) in [6, 6.07) is 0. The molecular weight excluding hydrogens is 348 g/mol. The Hall–Kier alpha value is -0.950. The summed E-state index contributed by atoms with van der Waals surface area (Å²) in [6.07, 6.45) is 3.72. The molecule has 2 heterocycles. The lowest BCUT2D eigenvalue weighted by atomic mass is 9.43. The molecular formula is C21H32O6. The minimum absolute atomic E-state index is 0.0562. The summed E-state index contributed by atoms with van der Waals surface area (Å²) in [5.41, 5.74) is -0.147. The van der Waals surface area contributed by atoms with Crippen molar-refractivity contribution in [2.75, 3.05) is 13.7 Å². The molecule has 0 radical (unpaired) electrons. The van der Waals surface area contributed by atoms with Crippen molar-refractivity contribution in [3.05, 3.63) is 11.6 Å². The number of carbonyl (C=O) groups is 1. The van der Waals surface area contributed by atoms with E-state index in [-0.39, 0.29) is 22.7 Å².